The molecule has 52 valence electrons. The van der Waals surface area contributed by atoms with Gasteiger partial charge >= 0.3 is 0 Å². The molecule has 0 aliphatic rings. The zero-order valence-electron chi connectivity index (χ0n) is 6.18. The van der Waals surface area contributed by atoms with Gasteiger partial charge in [0.1, 0.15) is 5.75 Å². The molecule has 0 unspecified atom stereocenters. The smallest absolute Gasteiger partial charge is 0.118 e. The summed E-state index contributed by atoms with van der Waals surface area (Å²) >= 11 is 0. The molecule has 1 aromatic carbocycles. The van der Waals surface area contributed by atoms with Crippen LogP contribution in [0, 0.1) is 13.8 Å². The molecule has 1 rings (SSSR count). The van der Waals surface area contributed by atoms with Gasteiger partial charge in [0.2, 0.25) is 0 Å². The SMILES string of the molecule is Cc1cccc(O)c1C.[Zr]. The van der Waals surface area contributed by atoms with Gasteiger partial charge in [0.15, 0.2) is 0 Å². The third-order valence-electron chi connectivity index (χ3n) is 1.58. The predicted octanol–water partition coefficient (Wildman–Crippen LogP) is 2.01. The van der Waals surface area contributed by atoms with Crippen LogP contribution in [0.2, 0.25) is 0 Å². The van der Waals surface area contributed by atoms with Gasteiger partial charge in [-0.15, -0.1) is 0 Å². The van der Waals surface area contributed by atoms with Crippen molar-refractivity contribution in [3.63, 3.8) is 0 Å². The van der Waals surface area contributed by atoms with Crippen molar-refractivity contribution in [2.75, 3.05) is 0 Å². The molecule has 0 saturated heterocycles. The van der Waals surface area contributed by atoms with Crippen molar-refractivity contribution in [2.24, 2.45) is 0 Å². The molecule has 1 nitrogen and oxygen atoms in total. The number of phenolic OH excluding ortho intramolecular Hbond substituents is 1. The van der Waals surface area contributed by atoms with Crippen molar-refractivity contribution < 1.29 is 31.3 Å². The van der Waals surface area contributed by atoms with Gasteiger partial charge in [0.05, 0.1) is 0 Å². The molecule has 0 aromatic heterocycles. The fourth-order valence-electron chi connectivity index (χ4n) is 0.736. The molecule has 0 aliphatic heterocycles. The number of aromatic hydroxyl groups is 1. The van der Waals surface area contributed by atoms with E-state index in [9.17, 15) is 0 Å². The first kappa shape index (κ1) is 9.90. The van der Waals surface area contributed by atoms with Crippen LogP contribution in [0.25, 0.3) is 0 Å². The molecule has 0 fully saturated rings. The Balaban J connectivity index is 0.000000810. The maximum Gasteiger partial charge on any atom is 0.118 e. The monoisotopic (exact) mass is 212 g/mol. The molecule has 0 radical (unpaired) electrons. The zero-order chi connectivity index (χ0) is 6.85. The molecule has 0 atom stereocenters. The second kappa shape index (κ2) is 3.92. The summed E-state index contributed by atoms with van der Waals surface area (Å²) in [4.78, 5) is 0. The second-order valence-corrected chi connectivity index (χ2v) is 2.22. The van der Waals surface area contributed by atoms with E-state index >= 15 is 0 Å². The standard InChI is InChI=1S/C8H10O.Zr/c1-6-4-3-5-8(9)7(6)2;/h3-5,9H,1-2H3;. The molecule has 0 spiro atoms. The first-order valence-electron chi connectivity index (χ1n) is 2.97. The third-order valence-corrected chi connectivity index (χ3v) is 1.58. The van der Waals surface area contributed by atoms with Crippen LogP contribution >= 0.6 is 0 Å². The van der Waals surface area contributed by atoms with Crippen molar-refractivity contribution >= 4 is 0 Å². The molecular formula is C8H10OZr. The van der Waals surface area contributed by atoms with E-state index in [1.165, 1.54) is 0 Å². The Morgan fingerprint density at radius 3 is 2.20 bits per heavy atom. The molecule has 0 saturated carbocycles. The molecule has 0 aliphatic carbocycles. The summed E-state index contributed by atoms with van der Waals surface area (Å²) in [5.41, 5.74) is 2.10. The van der Waals surface area contributed by atoms with Crippen LogP contribution in [0.1, 0.15) is 11.1 Å². The van der Waals surface area contributed by atoms with E-state index in [1.54, 1.807) is 6.07 Å². The van der Waals surface area contributed by atoms with Crippen LogP contribution in [0.4, 0.5) is 0 Å². The maximum absolute atomic E-state index is 9.10. The summed E-state index contributed by atoms with van der Waals surface area (Å²) in [6, 6.07) is 5.52. The molecule has 1 N–H and O–H groups in total. The molecular weight excluding hydrogens is 203 g/mol. The van der Waals surface area contributed by atoms with Gasteiger partial charge in [-0.05, 0) is 31.0 Å². The van der Waals surface area contributed by atoms with Crippen LogP contribution in [0.5, 0.6) is 5.75 Å². The minimum atomic E-state index is 0. The minimum absolute atomic E-state index is 0. The van der Waals surface area contributed by atoms with E-state index in [4.69, 9.17) is 5.11 Å². The summed E-state index contributed by atoms with van der Waals surface area (Å²) in [6.45, 7) is 3.89. The summed E-state index contributed by atoms with van der Waals surface area (Å²) < 4.78 is 0. The van der Waals surface area contributed by atoms with Crippen LogP contribution in [0.15, 0.2) is 18.2 Å². The van der Waals surface area contributed by atoms with Gasteiger partial charge in [-0.25, -0.2) is 0 Å². The fraction of sp³-hybridized carbons (Fsp3) is 0.250. The number of rotatable bonds is 0. The van der Waals surface area contributed by atoms with Crippen molar-refractivity contribution in [3.8, 4) is 5.75 Å². The molecule has 0 heterocycles. The Morgan fingerprint density at radius 2 is 1.80 bits per heavy atom. The number of phenols is 1. The molecule has 1 aromatic rings. The Labute approximate surface area is 80.2 Å². The Bertz CT molecular complexity index is 200. The van der Waals surface area contributed by atoms with E-state index in [0.29, 0.717) is 5.75 Å². The van der Waals surface area contributed by atoms with Gasteiger partial charge < -0.3 is 5.11 Å². The van der Waals surface area contributed by atoms with E-state index in [-0.39, 0.29) is 26.2 Å². The quantitative estimate of drug-likeness (QED) is 0.699. The predicted molar refractivity (Wildman–Crippen MR) is 37.6 cm³/mol. The van der Waals surface area contributed by atoms with Crippen molar-refractivity contribution in [2.45, 2.75) is 13.8 Å². The van der Waals surface area contributed by atoms with Gasteiger partial charge in [-0.2, -0.15) is 0 Å². The average Bonchev–Trinajstić information content (AvgIpc) is 1.83. The van der Waals surface area contributed by atoms with Crippen LogP contribution in [0.3, 0.4) is 0 Å². The number of aryl methyl sites for hydroxylation is 1. The molecule has 0 amide bonds. The Hall–Kier alpha value is -0.0969. The van der Waals surface area contributed by atoms with Crippen molar-refractivity contribution in [3.05, 3.63) is 29.3 Å². The van der Waals surface area contributed by atoms with Crippen LogP contribution in [-0.4, -0.2) is 5.11 Å². The summed E-state index contributed by atoms with van der Waals surface area (Å²) in [5.74, 6) is 0.384. The van der Waals surface area contributed by atoms with Gasteiger partial charge in [0.25, 0.3) is 0 Å². The minimum Gasteiger partial charge on any atom is -0.508 e. The first-order chi connectivity index (χ1) is 4.22. The van der Waals surface area contributed by atoms with Crippen molar-refractivity contribution in [1.29, 1.82) is 0 Å². The Morgan fingerprint density at radius 1 is 1.20 bits per heavy atom. The van der Waals surface area contributed by atoms with Gasteiger partial charge in [0, 0.05) is 26.2 Å². The van der Waals surface area contributed by atoms with E-state index in [2.05, 4.69) is 0 Å². The average molecular weight is 213 g/mol. The number of benzene rings is 1. The summed E-state index contributed by atoms with van der Waals surface area (Å²) in [5, 5.41) is 9.10. The molecule has 0 bridgehead atoms. The molecule has 10 heavy (non-hydrogen) atoms. The summed E-state index contributed by atoms with van der Waals surface area (Å²) in [6.07, 6.45) is 0. The molecule has 2 heteroatoms. The van der Waals surface area contributed by atoms with E-state index in [0.717, 1.165) is 11.1 Å². The fourth-order valence-corrected chi connectivity index (χ4v) is 0.736. The maximum atomic E-state index is 9.10. The van der Waals surface area contributed by atoms with E-state index in [1.807, 2.05) is 26.0 Å². The second-order valence-electron chi connectivity index (χ2n) is 2.22. The van der Waals surface area contributed by atoms with Gasteiger partial charge in [-0.3, -0.25) is 0 Å². The zero-order valence-corrected chi connectivity index (χ0v) is 8.64. The normalized spacial score (nSPS) is 8.60. The number of hydrogen-bond acceptors (Lipinski definition) is 1. The van der Waals surface area contributed by atoms with Crippen LogP contribution < -0.4 is 0 Å². The third kappa shape index (κ3) is 1.95. The van der Waals surface area contributed by atoms with Crippen molar-refractivity contribution in [1.82, 2.24) is 0 Å². The summed E-state index contributed by atoms with van der Waals surface area (Å²) in [7, 11) is 0. The largest absolute Gasteiger partial charge is 0.508 e. The number of hydrogen-bond donors (Lipinski definition) is 1. The van der Waals surface area contributed by atoms with Gasteiger partial charge in [-0.1, -0.05) is 12.1 Å². The topological polar surface area (TPSA) is 20.2 Å². The Kier molecular flexibility index (Phi) is 3.89. The first-order valence-corrected chi connectivity index (χ1v) is 2.97. The van der Waals surface area contributed by atoms with E-state index < -0.39 is 0 Å². The van der Waals surface area contributed by atoms with Crippen LogP contribution in [-0.2, 0) is 26.2 Å².